The summed E-state index contributed by atoms with van der Waals surface area (Å²) in [5.74, 6) is -0.368. The number of aromatic carboxylic acids is 1. The number of carbonyl (C=O) groups is 1. The van der Waals surface area contributed by atoms with E-state index in [1.54, 1.807) is 0 Å². The highest BCUT2D eigenvalue weighted by molar-refractivity contribution is 5.87. The van der Waals surface area contributed by atoms with Crippen LogP contribution in [0.2, 0.25) is 0 Å². The average molecular weight is 350 g/mol. The Morgan fingerprint density at radius 3 is 2.46 bits per heavy atom. The highest BCUT2D eigenvalue weighted by Crippen LogP contribution is 2.34. The molecule has 0 atom stereocenters. The van der Waals surface area contributed by atoms with Crippen LogP contribution in [0.5, 0.6) is 5.75 Å². The van der Waals surface area contributed by atoms with Gasteiger partial charge < -0.3 is 9.84 Å². The SMILES string of the molecule is CC(C)(C)c1ccc(OCc2ccccc2)c(-c2cc(C(=O)O)[nH]n2)c1. The molecule has 0 aliphatic heterocycles. The standard InChI is InChI=1S/C21H22N2O3/c1-21(2,3)15-9-10-19(26-13-14-7-5-4-6-8-14)16(11-15)17-12-18(20(24)25)23-22-17/h4-12H,13H2,1-3H3,(H,22,23)(H,24,25). The Hall–Kier alpha value is -3.08. The number of benzene rings is 2. The van der Waals surface area contributed by atoms with Crippen molar-refractivity contribution in [3.05, 3.63) is 71.4 Å². The van der Waals surface area contributed by atoms with Gasteiger partial charge in [-0.15, -0.1) is 0 Å². The fourth-order valence-corrected chi connectivity index (χ4v) is 2.63. The van der Waals surface area contributed by atoms with Gasteiger partial charge in [-0.2, -0.15) is 5.10 Å². The van der Waals surface area contributed by atoms with Crippen molar-refractivity contribution < 1.29 is 14.6 Å². The van der Waals surface area contributed by atoms with Gasteiger partial charge >= 0.3 is 5.97 Å². The lowest BCUT2D eigenvalue weighted by Crippen LogP contribution is -2.11. The highest BCUT2D eigenvalue weighted by Gasteiger charge is 2.19. The molecule has 0 saturated heterocycles. The quantitative estimate of drug-likeness (QED) is 0.702. The van der Waals surface area contributed by atoms with E-state index < -0.39 is 5.97 Å². The Morgan fingerprint density at radius 1 is 1.12 bits per heavy atom. The molecule has 3 rings (SSSR count). The van der Waals surface area contributed by atoms with E-state index in [1.807, 2.05) is 48.5 Å². The van der Waals surface area contributed by atoms with Gasteiger partial charge in [0.05, 0.1) is 5.69 Å². The van der Waals surface area contributed by atoms with Crippen LogP contribution in [0.4, 0.5) is 0 Å². The van der Waals surface area contributed by atoms with Crippen molar-refractivity contribution in [1.29, 1.82) is 0 Å². The summed E-state index contributed by atoms with van der Waals surface area (Å²) in [6.07, 6.45) is 0. The van der Waals surface area contributed by atoms with Crippen LogP contribution in [0.15, 0.2) is 54.6 Å². The van der Waals surface area contributed by atoms with Gasteiger partial charge in [0, 0.05) is 5.56 Å². The van der Waals surface area contributed by atoms with Gasteiger partial charge in [0.1, 0.15) is 18.1 Å². The molecule has 0 aliphatic carbocycles. The van der Waals surface area contributed by atoms with Crippen molar-refractivity contribution in [2.45, 2.75) is 32.8 Å². The molecule has 1 heterocycles. The zero-order chi connectivity index (χ0) is 18.7. The van der Waals surface area contributed by atoms with Gasteiger partial charge in [0.2, 0.25) is 0 Å². The third kappa shape index (κ3) is 3.94. The molecule has 3 aromatic rings. The van der Waals surface area contributed by atoms with Crippen molar-refractivity contribution in [1.82, 2.24) is 10.2 Å². The highest BCUT2D eigenvalue weighted by atomic mass is 16.5. The zero-order valence-corrected chi connectivity index (χ0v) is 15.1. The number of nitrogens with zero attached hydrogens (tertiary/aromatic N) is 1. The summed E-state index contributed by atoms with van der Waals surface area (Å²) >= 11 is 0. The predicted octanol–water partition coefficient (Wildman–Crippen LogP) is 4.65. The van der Waals surface area contributed by atoms with Gasteiger partial charge in [0.25, 0.3) is 0 Å². The Balaban J connectivity index is 1.98. The smallest absolute Gasteiger partial charge is 0.353 e. The fourth-order valence-electron chi connectivity index (χ4n) is 2.63. The number of H-pyrrole nitrogens is 1. The second kappa shape index (κ2) is 7.04. The number of hydrogen-bond acceptors (Lipinski definition) is 3. The van der Waals surface area contributed by atoms with Crippen molar-refractivity contribution in [2.75, 3.05) is 0 Å². The molecule has 26 heavy (non-hydrogen) atoms. The van der Waals surface area contributed by atoms with Crippen molar-refractivity contribution >= 4 is 5.97 Å². The van der Waals surface area contributed by atoms with Gasteiger partial charge in [0.15, 0.2) is 0 Å². The molecule has 0 unspecified atom stereocenters. The van der Waals surface area contributed by atoms with E-state index in [0.29, 0.717) is 18.1 Å². The third-order valence-electron chi connectivity index (χ3n) is 4.17. The van der Waals surface area contributed by atoms with Gasteiger partial charge in [-0.3, -0.25) is 5.10 Å². The number of carboxylic acids is 1. The minimum atomic E-state index is -1.04. The summed E-state index contributed by atoms with van der Waals surface area (Å²) in [6, 6.07) is 17.4. The number of ether oxygens (including phenoxy) is 1. The second-order valence-corrected chi connectivity index (χ2v) is 7.21. The Labute approximate surface area is 152 Å². The minimum absolute atomic E-state index is 0.0430. The van der Waals surface area contributed by atoms with Crippen LogP contribution in [0.25, 0.3) is 11.3 Å². The first-order chi connectivity index (χ1) is 12.3. The molecule has 0 fully saturated rings. The van der Waals surface area contributed by atoms with E-state index in [-0.39, 0.29) is 11.1 Å². The summed E-state index contributed by atoms with van der Waals surface area (Å²) < 4.78 is 6.01. The van der Waals surface area contributed by atoms with E-state index >= 15 is 0 Å². The maximum atomic E-state index is 11.2. The number of nitrogens with one attached hydrogen (secondary N) is 1. The summed E-state index contributed by atoms with van der Waals surface area (Å²) in [5.41, 5.74) is 3.52. The van der Waals surface area contributed by atoms with Crippen LogP contribution < -0.4 is 4.74 Å². The summed E-state index contributed by atoms with van der Waals surface area (Å²) in [4.78, 5) is 11.2. The van der Waals surface area contributed by atoms with Crippen LogP contribution in [0.1, 0.15) is 42.4 Å². The molecule has 5 heteroatoms. The number of carboxylic acid groups (broad SMARTS) is 1. The maximum Gasteiger partial charge on any atom is 0.353 e. The summed E-state index contributed by atoms with van der Waals surface area (Å²) in [7, 11) is 0. The first kappa shape index (κ1) is 17.7. The lowest BCUT2D eigenvalue weighted by atomic mass is 9.85. The lowest BCUT2D eigenvalue weighted by Gasteiger charge is -2.21. The summed E-state index contributed by atoms with van der Waals surface area (Å²) in [6.45, 7) is 6.82. The van der Waals surface area contributed by atoms with Gasteiger partial charge in [-0.25, -0.2) is 4.79 Å². The first-order valence-corrected chi connectivity index (χ1v) is 8.45. The van der Waals surface area contributed by atoms with E-state index in [9.17, 15) is 4.79 Å². The molecule has 0 aliphatic rings. The molecule has 134 valence electrons. The molecule has 1 aromatic heterocycles. The summed E-state index contributed by atoms with van der Waals surface area (Å²) in [5, 5.41) is 15.9. The molecule has 5 nitrogen and oxygen atoms in total. The van der Waals surface area contributed by atoms with E-state index in [0.717, 1.165) is 16.7 Å². The van der Waals surface area contributed by atoms with Crippen LogP contribution in [0.3, 0.4) is 0 Å². The third-order valence-corrected chi connectivity index (χ3v) is 4.17. The molecule has 0 bridgehead atoms. The van der Waals surface area contributed by atoms with Crippen molar-refractivity contribution in [3.8, 4) is 17.0 Å². The van der Waals surface area contributed by atoms with Gasteiger partial charge in [-0.05, 0) is 34.7 Å². The second-order valence-electron chi connectivity index (χ2n) is 7.21. The van der Waals surface area contributed by atoms with Crippen LogP contribution >= 0.6 is 0 Å². The topological polar surface area (TPSA) is 75.2 Å². The van der Waals surface area contributed by atoms with Crippen LogP contribution in [-0.4, -0.2) is 21.3 Å². The minimum Gasteiger partial charge on any atom is -0.488 e. The number of hydrogen-bond donors (Lipinski definition) is 2. The lowest BCUT2D eigenvalue weighted by molar-refractivity contribution is 0.0690. The molecule has 0 spiro atoms. The average Bonchev–Trinajstić information content (AvgIpc) is 3.10. The molecular weight excluding hydrogens is 328 g/mol. The van der Waals surface area contributed by atoms with Crippen molar-refractivity contribution in [2.24, 2.45) is 0 Å². The van der Waals surface area contributed by atoms with Crippen LogP contribution in [-0.2, 0) is 12.0 Å². The number of rotatable bonds is 5. The number of aromatic nitrogens is 2. The molecule has 2 N–H and O–H groups in total. The predicted molar refractivity (Wildman–Crippen MR) is 100 cm³/mol. The molecule has 0 amide bonds. The Kier molecular flexibility index (Phi) is 4.80. The monoisotopic (exact) mass is 350 g/mol. The van der Waals surface area contributed by atoms with Crippen LogP contribution in [0, 0.1) is 0 Å². The van der Waals surface area contributed by atoms with E-state index in [1.165, 1.54) is 6.07 Å². The zero-order valence-electron chi connectivity index (χ0n) is 15.1. The molecule has 0 radical (unpaired) electrons. The Morgan fingerprint density at radius 2 is 1.85 bits per heavy atom. The van der Waals surface area contributed by atoms with E-state index in [4.69, 9.17) is 9.84 Å². The molecular formula is C21H22N2O3. The molecule has 2 aromatic carbocycles. The van der Waals surface area contributed by atoms with Crippen molar-refractivity contribution in [3.63, 3.8) is 0 Å². The Bertz CT molecular complexity index is 909. The largest absolute Gasteiger partial charge is 0.488 e. The number of aromatic amines is 1. The van der Waals surface area contributed by atoms with E-state index in [2.05, 4.69) is 31.0 Å². The first-order valence-electron chi connectivity index (χ1n) is 8.45. The molecule has 0 saturated carbocycles. The maximum absolute atomic E-state index is 11.2. The van der Waals surface area contributed by atoms with Gasteiger partial charge in [-0.1, -0.05) is 57.2 Å². The normalized spacial score (nSPS) is 11.3. The fraction of sp³-hybridized carbons (Fsp3) is 0.238.